The van der Waals surface area contributed by atoms with E-state index in [2.05, 4.69) is 10.3 Å². The standard InChI is InChI=1S/C16H20N2O3/c1-10-6-13(14(16(20)21)7-11(10)2)15(19)18-9-12-4-3-5-17-8-12/h3-5,8,13-14H,6-7,9H2,1-2H3,(H,18,19)(H,20,21)/t13-,14-/m0/s1. The first kappa shape index (κ1) is 15.2. The zero-order chi connectivity index (χ0) is 15.4. The molecule has 112 valence electrons. The second kappa shape index (κ2) is 6.52. The van der Waals surface area contributed by atoms with Crippen molar-refractivity contribution in [2.45, 2.75) is 33.2 Å². The minimum Gasteiger partial charge on any atom is -0.481 e. The van der Waals surface area contributed by atoms with Crippen molar-refractivity contribution in [1.29, 1.82) is 0 Å². The first-order valence-electron chi connectivity index (χ1n) is 7.03. The average Bonchev–Trinajstić information content (AvgIpc) is 2.48. The molecule has 0 aromatic carbocycles. The molecule has 0 aliphatic heterocycles. The molecule has 0 fully saturated rings. The molecule has 2 rings (SSSR count). The lowest BCUT2D eigenvalue weighted by atomic mass is 9.76. The first-order chi connectivity index (χ1) is 9.99. The number of allylic oxidation sites excluding steroid dienone is 2. The lowest BCUT2D eigenvalue weighted by molar-refractivity contribution is -0.147. The van der Waals surface area contributed by atoms with Crippen molar-refractivity contribution in [3.63, 3.8) is 0 Å². The van der Waals surface area contributed by atoms with Crippen molar-refractivity contribution in [2.75, 3.05) is 0 Å². The summed E-state index contributed by atoms with van der Waals surface area (Å²) in [6, 6.07) is 3.68. The molecule has 0 spiro atoms. The zero-order valence-electron chi connectivity index (χ0n) is 12.3. The van der Waals surface area contributed by atoms with Gasteiger partial charge in [-0.3, -0.25) is 14.6 Å². The largest absolute Gasteiger partial charge is 0.481 e. The van der Waals surface area contributed by atoms with Crippen LogP contribution in [0.1, 0.15) is 32.3 Å². The second-order valence-corrected chi connectivity index (χ2v) is 5.60. The van der Waals surface area contributed by atoms with Gasteiger partial charge in [0, 0.05) is 18.9 Å². The van der Waals surface area contributed by atoms with E-state index < -0.39 is 17.8 Å². The molecule has 21 heavy (non-hydrogen) atoms. The first-order valence-corrected chi connectivity index (χ1v) is 7.03. The van der Waals surface area contributed by atoms with Gasteiger partial charge in [0.05, 0.1) is 11.8 Å². The molecule has 1 aliphatic rings. The minimum absolute atomic E-state index is 0.196. The normalized spacial score (nSPS) is 22.0. The summed E-state index contributed by atoms with van der Waals surface area (Å²) in [6.45, 7) is 4.28. The molecule has 0 saturated carbocycles. The molecule has 1 heterocycles. The Morgan fingerprint density at radius 1 is 1.29 bits per heavy atom. The maximum Gasteiger partial charge on any atom is 0.307 e. The number of hydrogen-bond acceptors (Lipinski definition) is 3. The van der Waals surface area contributed by atoms with E-state index in [9.17, 15) is 14.7 Å². The highest BCUT2D eigenvalue weighted by Crippen LogP contribution is 2.34. The molecule has 1 amide bonds. The van der Waals surface area contributed by atoms with Gasteiger partial charge in [0.15, 0.2) is 0 Å². The Balaban J connectivity index is 2.04. The van der Waals surface area contributed by atoms with Crippen LogP contribution in [-0.4, -0.2) is 22.0 Å². The average molecular weight is 288 g/mol. The van der Waals surface area contributed by atoms with E-state index in [0.717, 1.165) is 16.7 Å². The highest BCUT2D eigenvalue weighted by molar-refractivity contribution is 5.85. The quantitative estimate of drug-likeness (QED) is 0.832. The highest BCUT2D eigenvalue weighted by Gasteiger charge is 2.37. The minimum atomic E-state index is -0.900. The van der Waals surface area contributed by atoms with Gasteiger partial charge in [-0.05, 0) is 38.3 Å². The third-order valence-corrected chi connectivity index (χ3v) is 4.11. The number of nitrogens with zero attached hydrogens (tertiary/aromatic N) is 1. The molecule has 1 aromatic rings. The fourth-order valence-electron chi connectivity index (χ4n) is 2.65. The van der Waals surface area contributed by atoms with Crippen LogP contribution >= 0.6 is 0 Å². The van der Waals surface area contributed by atoms with Crippen molar-refractivity contribution in [2.24, 2.45) is 11.8 Å². The molecule has 5 heteroatoms. The number of aliphatic carboxylic acids is 1. The van der Waals surface area contributed by atoms with E-state index in [1.165, 1.54) is 0 Å². The predicted molar refractivity (Wildman–Crippen MR) is 78.3 cm³/mol. The van der Waals surface area contributed by atoms with E-state index in [-0.39, 0.29) is 5.91 Å². The van der Waals surface area contributed by atoms with Gasteiger partial charge in [0.1, 0.15) is 0 Å². The fourth-order valence-corrected chi connectivity index (χ4v) is 2.65. The summed E-state index contributed by atoms with van der Waals surface area (Å²) in [5.41, 5.74) is 3.10. The van der Waals surface area contributed by atoms with Gasteiger partial charge in [-0.2, -0.15) is 0 Å². The van der Waals surface area contributed by atoms with Crippen LogP contribution in [0, 0.1) is 11.8 Å². The number of rotatable bonds is 4. The third-order valence-electron chi connectivity index (χ3n) is 4.11. The lowest BCUT2D eigenvalue weighted by Gasteiger charge is -2.29. The van der Waals surface area contributed by atoms with Gasteiger partial charge >= 0.3 is 5.97 Å². The Morgan fingerprint density at radius 3 is 2.52 bits per heavy atom. The van der Waals surface area contributed by atoms with Crippen LogP contribution in [0.2, 0.25) is 0 Å². The molecule has 0 radical (unpaired) electrons. The summed E-state index contributed by atoms with van der Waals surface area (Å²) in [6.07, 6.45) is 4.32. The Bertz CT molecular complexity index is 566. The Morgan fingerprint density at radius 2 is 1.95 bits per heavy atom. The topological polar surface area (TPSA) is 79.3 Å². The maximum absolute atomic E-state index is 12.3. The van der Waals surface area contributed by atoms with Gasteiger partial charge in [0.2, 0.25) is 5.91 Å². The number of aromatic nitrogens is 1. The van der Waals surface area contributed by atoms with Crippen molar-refractivity contribution in [1.82, 2.24) is 10.3 Å². The molecular weight excluding hydrogens is 268 g/mol. The van der Waals surface area contributed by atoms with E-state index >= 15 is 0 Å². The molecule has 0 saturated heterocycles. The second-order valence-electron chi connectivity index (χ2n) is 5.60. The van der Waals surface area contributed by atoms with Gasteiger partial charge in [-0.1, -0.05) is 17.2 Å². The summed E-state index contributed by atoms with van der Waals surface area (Å²) < 4.78 is 0. The van der Waals surface area contributed by atoms with Crippen molar-refractivity contribution >= 4 is 11.9 Å². The smallest absolute Gasteiger partial charge is 0.307 e. The summed E-state index contributed by atoms with van der Waals surface area (Å²) in [4.78, 5) is 27.7. The fraction of sp³-hybridized carbons (Fsp3) is 0.438. The maximum atomic E-state index is 12.3. The van der Waals surface area contributed by atoms with E-state index in [1.54, 1.807) is 18.5 Å². The van der Waals surface area contributed by atoms with Crippen LogP contribution < -0.4 is 5.32 Å². The van der Waals surface area contributed by atoms with Crippen molar-refractivity contribution < 1.29 is 14.7 Å². The molecule has 0 unspecified atom stereocenters. The summed E-state index contributed by atoms with van der Waals surface area (Å²) >= 11 is 0. The van der Waals surface area contributed by atoms with E-state index in [1.807, 2.05) is 19.9 Å². The Kier molecular flexibility index (Phi) is 4.73. The van der Waals surface area contributed by atoms with Crippen LogP contribution in [0.3, 0.4) is 0 Å². The van der Waals surface area contributed by atoms with Crippen LogP contribution in [0.15, 0.2) is 35.7 Å². The predicted octanol–water partition coefficient (Wildman–Crippen LogP) is 2.15. The van der Waals surface area contributed by atoms with Crippen molar-refractivity contribution in [3.05, 3.63) is 41.2 Å². The van der Waals surface area contributed by atoms with Crippen molar-refractivity contribution in [3.8, 4) is 0 Å². The third kappa shape index (κ3) is 3.68. The summed E-state index contributed by atoms with van der Waals surface area (Å²) in [5.74, 6) is -2.23. The number of carboxylic acids is 1. The molecular formula is C16H20N2O3. The zero-order valence-corrected chi connectivity index (χ0v) is 12.3. The number of pyridine rings is 1. The Hall–Kier alpha value is -2.17. The number of carbonyl (C=O) groups is 2. The van der Waals surface area contributed by atoms with Gasteiger partial charge < -0.3 is 10.4 Å². The molecule has 5 nitrogen and oxygen atoms in total. The summed E-state index contributed by atoms with van der Waals surface area (Å²) in [5, 5.41) is 12.2. The highest BCUT2D eigenvalue weighted by atomic mass is 16.4. The summed E-state index contributed by atoms with van der Waals surface area (Å²) in [7, 11) is 0. The van der Waals surface area contributed by atoms with Gasteiger partial charge in [-0.25, -0.2) is 0 Å². The molecule has 0 bridgehead atoms. The van der Waals surface area contributed by atoms with Gasteiger partial charge in [0.25, 0.3) is 0 Å². The molecule has 1 aromatic heterocycles. The van der Waals surface area contributed by atoms with Crippen LogP contribution in [0.5, 0.6) is 0 Å². The SMILES string of the molecule is CC1=C(C)C[C@H](C(=O)NCc2cccnc2)[C@@H](C(=O)O)C1. The number of carbonyl (C=O) groups excluding carboxylic acids is 1. The number of amides is 1. The molecule has 2 atom stereocenters. The van der Waals surface area contributed by atoms with Crippen LogP contribution in [0.25, 0.3) is 0 Å². The van der Waals surface area contributed by atoms with E-state index in [0.29, 0.717) is 19.4 Å². The Labute approximate surface area is 124 Å². The van der Waals surface area contributed by atoms with Gasteiger partial charge in [-0.15, -0.1) is 0 Å². The molecule has 2 N–H and O–H groups in total. The molecule has 1 aliphatic carbocycles. The van der Waals surface area contributed by atoms with E-state index in [4.69, 9.17) is 0 Å². The number of carboxylic acid groups (broad SMARTS) is 1. The monoisotopic (exact) mass is 288 g/mol. The number of hydrogen-bond donors (Lipinski definition) is 2. The van der Waals surface area contributed by atoms with Crippen LogP contribution in [-0.2, 0) is 16.1 Å². The van der Waals surface area contributed by atoms with Crippen LogP contribution in [0.4, 0.5) is 0 Å². The number of nitrogens with one attached hydrogen (secondary N) is 1. The lowest BCUT2D eigenvalue weighted by Crippen LogP contribution is -2.39.